The van der Waals surface area contributed by atoms with Gasteiger partial charge in [-0.15, -0.1) is 0 Å². The van der Waals surface area contributed by atoms with Crippen LogP contribution in [0.3, 0.4) is 0 Å². The van der Waals surface area contributed by atoms with Crippen molar-refractivity contribution in [2.75, 3.05) is 12.4 Å². The second kappa shape index (κ2) is 4.72. The molecule has 0 aliphatic rings. The van der Waals surface area contributed by atoms with Crippen LogP contribution in [-0.2, 0) is 7.05 Å². The predicted molar refractivity (Wildman–Crippen MR) is 61.2 cm³/mol. The van der Waals surface area contributed by atoms with Crippen LogP contribution in [0.4, 0.5) is 11.8 Å². The molecule has 1 heterocycles. The largest absolute Gasteiger partial charge is 0.359 e. The van der Waals surface area contributed by atoms with Gasteiger partial charge in [-0.3, -0.25) is 4.79 Å². The molecule has 0 radical (unpaired) electrons. The van der Waals surface area contributed by atoms with Gasteiger partial charge >= 0.3 is 0 Å². The Morgan fingerprint density at radius 3 is 2.80 bits per heavy atom. The van der Waals surface area contributed by atoms with Crippen molar-refractivity contribution in [1.82, 2.24) is 9.55 Å². The van der Waals surface area contributed by atoms with E-state index in [0.29, 0.717) is 17.5 Å². The van der Waals surface area contributed by atoms with E-state index >= 15 is 0 Å². The van der Waals surface area contributed by atoms with E-state index in [-0.39, 0.29) is 5.78 Å². The maximum absolute atomic E-state index is 11.4. The lowest BCUT2D eigenvalue weighted by atomic mass is 10.3. The van der Waals surface area contributed by atoms with Crippen LogP contribution in [0.1, 0.15) is 30.8 Å². The van der Waals surface area contributed by atoms with Crippen molar-refractivity contribution >= 4 is 23.8 Å². The Balaban J connectivity index is 3.24. The zero-order valence-corrected chi connectivity index (χ0v) is 9.53. The zero-order chi connectivity index (χ0) is 11.4. The molecule has 1 aromatic rings. The topological polar surface area (TPSA) is 59.3 Å². The molecule has 0 saturated heterocycles. The highest BCUT2D eigenvalue weighted by atomic mass is 16.1. The van der Waals surface area contributed by atoms with E-state index in [0.717, 1.165) is 6.42 Å². The first-order valence-electron chi connectivity index (χ1n) is 4.89. The van der Waals surface area contributed by atoms with Crippen molar-refractivity contribution in [2.24, 2.45) is 12.0 Å². The minimum Gasteiger partial charge on any atom is -0.359 e. The summed E-state index contributed by atoms with van der Waals surface area (Å²) in [6, 6.07) is 0. The van der Waals surface area contributed by atoms with E-state index < -0.39 is 0 Å². The summed E-state index contributed by atoms with van der Waals surface area (Å²) in [4.78, 5) is 19.8. The van der Waals surface area contributed by atoms with Gasteiger partial charge in [-0.25, -0.2) is 4.99 Å². The zero-order valence-electron chi connectivity index (χ0n) is 9.53. The number of anilines is 1. The summed E-state index contributed by atoms with van der Waals surface area (Å²) in [5.74, 6) is 1.09. The lowest BCUT2D eigenvalue weighted by Crippen LogP contribution is -2.05. The summed E-state index contributed by atoms with van der Waals surface area (Å²) < 4.78 is 1.71. The molecular weight excluding hydrogens is 192 g/mol. The van der Waals surface area contributed by atoms with Crippen LogP contribution in [0.2, 0.25) is 0 Å². The Morgan fingerprint density at radius 2 is 2.33 bits per heavy atom. The number of rotatable bonds is 4. The molecule has 0 aliphatic carbocycles. The Kier molecular flexibility index (Phi) is 3.60. The van der Waals surface area contributed by atoms with E-state index in [1.54, 1.807) is 24.9 Å². The summed E-state index contributed by atoms with van der Waals surface area (Å²) in [6.07, 6.45) is 2.57. The van der Waals surface area contributed by atoms with E-state index in [1.807, 2.05) is 6.92 Å². The fraction of sp³-hybridized carbons (Fsp3) is 0.500. The summed E-state index contributed by atoms with van der Waals surface area (Å²) in [5, 5.41) is 2.91. The van der Waals surface area contributed by atoms with Gasteiger partial charge in [-0.2, -0.15) is 4.98 Å². The van der Waals surface area contributed by atoms with Crippen LogP contribution >= 0.6 is 0 Å². The van der Waals surface area contributed by atoms with E-state index in [1.165, 1.54) is 6.92 Å². The first-order valence-corrected chi connectivity index (χ1v) is 4.89. The highest BCUT2D eigenvalue weighted by Crippen LogP contribution is 2.22. The van der Waals surface area contributed by atoms with Crippen molar-refractivity contribution < 1.29 is 4.79 Å². The number of aromatic nitrogens is 2. The van der Waals surface area contributed by atoms with Crippen molar-refractivity contribution in [3.63, 3.8) is 0 Å². The Bertz CT molecular complexity index is 392. The van der Waals surface area contributed by atoms with Gasteiger partial charge in [0.15, 0.2) is 11.6 Å². The van der Waals surface area contributed by atoms with E-state index in [9.17, 15) is 4.79 Å². The molecule has 1 N–H and O–H groups in total. The lowest BCUT2D eigenvalue weighted by molar-refractivity contribution is 0.101. The molecular formula is C10H16N4O. The predicted octanol–water partition coefficient (Wildman–Crippen LogP) is 1.78. The lowest BCUT2D eigenvalue weighted by Gasteiger charge is -2.01. The van der Waals surface area contributed by atoms with E-state index in [2.05, 4.69) is 15.3 Å². The number of imidazole rings is 1. The molecule has 5 nitrogen and oxygen atoms in total. The molecule has 15 heavy (non-hydrogen) atoms. The monoisotopic (exact) mass is 208 g/mol. The molecule has 5 heteroatoms. The SMILES string of the molecule is CCC=Nc1nc(NC)n(C)c1C(C)=O. The molecule has 0 amide bonds. The fourth-order valence-electron chi connectivity index (χ4n) is 1.37. The Labute approximate surface area is 89.2 Å². The van der Waals surface area contributed by atoms with Crippen LogP contribution in [0, 0.1) is 0 Å². The first-order chi connectivity index (χ1) is 7.11. The molecule has 0 spiro atoms. The van der Waals surface area contributed by atoms with Gasteiger partial charge in [-0.05, 0) is 6.42 Å². The highest BCUT2D eigenvalue weighted by molar-refractivity contribution is 5.97. The summed E-state index contributed by atoms with van der Waals surface area (Å²) in [6.45, 7) is 3.50. The number of ketones is 1. The maximum Gasteiger partial charge on any atom is 0.204 e. The average molecular weight is 208 g/mol. The molecule has 82 valence electrons. The number of hydrogen-bond acceptors (Lipinski definition) is 4. The molecule has 0 aliphatic heterocycles. The van der Waals surface area contributed by atoms with Crippen molar-refractivity contribution in [1.29, 1.82) is 0 Å². The van der Waals surface area contributed by atoms with Gasteiger partial charge in [0.2, 0.25) is 5.95 Å². The second-order valence-electron chi connectivity index (χ2n) is 3.19. The number of hydrogen-bond donors (Lipinski definition) is 1. The van der Waals surface area contributed by atoms with E-state index in [4.69, 9.17) is 0 Å². The third-order valence-electron chi connectivity index (χ3n) is 2.03. The third kappa shape index (κ3) is 2.23. The van der Waals surface area contributed by atoms with Crippen LogP contribution in [0.25, 0.3) is 0 Å². The quantitative estimate of drug-likeness (QED) is 0.606. The molecule has 0 unspecified atom stereocenters. The van der Waals surface area contributed by atoms with Crippen molar-refractivity contribution in [2.45, 2.75) is 20.3 Å². The molecule has 0 aromatic carbocycles. The number of carbonyl (C=O) groups is 1. The van der Waals surface area contributed by atoms with Crippen LogP contribution < -0.4 is 5.32 Å². The van der Waals surface area contributed by atoms with Crippen molar-refractivity contribution in [3.05, 3.63) is 5.69 Å². The van der Waals surface area contributed by atoms with Gasteiger partial charge in [-0.1, -0.05) is 6.92 Å². The van der Waals surface area contributed by atoms with Gasteiger partial charge in [0.05, 0.1) is 0 Å². The Morgan fingerprint density at radius 1 is 1.67 bits per heavy atom. The van der Waals surface area contributed by atoms with Crippen molar-refractivity contribution in [3.8, 4) is 0 Å². The van der Waals surface area contributed by atoms with Crippen LogP contribution in [-0.4, -0.2) is 28.6 Å². The van der Waals surface area contributed by atoms with Gasteiger partial charge in [0.25, 0.3) is 0 Å². The number of nitrogens with one attached hydrogen (secondary N) is 1. The number of nitrogens with zero attached hydrogens (tertiary/aromatic N) is 3. The minimum atomic E-state index is -0.0326. The normalized spacial score (nSPS) is 10.9. The molecule has 0 saturated carbocycles. The smallest absolute Gasteiger partial charge is 0.204 e. The number of carbonyl (C=O) groups excluding carboxylic acids is 1. The Hall–Kier alpha value is -1.65. The third-order valence-corrected chi connectivity index (χ3v) is 2.03. The molecule has 0 fully saturated rings. The molecule has 0 bridgehead atoms. The van der Waals surface area contributed by atoms with Gasteiger partial charge in [0.1, 0.15) is 5.69 Å². The van der Waals surface area contributed by atoms with Gasteiger partial charge in [0, 0.05) is 27.2 Å². The summed E-state index contributed by atoms with van der Waals surface area (Å²) in [5.41, 5.74) is 0.532. The van der Waals surface area contributed by atoms with Crippen LogP contribution in [0.5, 0.6) is 0 Å². The highest BCUT2D eigenvalue weighted by Gasteiger charge is 2.16. The van der Waals surface area contributed by atoms with Gasteiger partial charge < -0.3 is 9.88 Å². The minimum absolute atomic E-state index is 0.0326. The number of aliphatic imine (C=N–C) groups is 1. The average Bonchev–Trinajstić information content (AvgIpc) is 2.51. The standard InChI is InChI=1S/C10H16N4O/c1-5-6-12-9-8(7(2)15)14(4)10(11-3)13-9/h6H,5H2,1-4H3,(H,11,13). The maximum atomic E-state index is 11.4. The molecule has 0 atom stereocenters. The summed E-state index contributed by atoms with van der Waals surface area (Å²) >= 11 is 0. The first kappa shape index (κ1) is 11.4. The second-order valence-corrected chi connectivity index (χ2v) is 3.19. The molecule has 1 aromatic heterocycles. The summed E-state index contributed by atoms with van der Waals surface area (Å²) in [7, 11) is 3.56. The van der Waals surface area contributed by atoms with Crippen LogP contribution in [0.15, 0.2) is 4.99 Å². The number of Topliss-reactive ketones (excluding diaryl/α,β-unsaturated/α-hetero) is 1. The fourth-order valence-corrected chi connectivity index (χ4v) is 1.37. The molecule has 1 rings (SSSR count).